The van der Waals surface area contributed by atoms with Crippen LogP contribution < -0.4 is 0 Å². The number of likely N-dealkylation sites (tertiary alicyclic amines) is 1. The number of ether oxygens (including phenoxy) is 2. The molecule has 1 aromatic heterocycles. The normalized spacial score (nSPS) is 14.7. The molecule has 41 heavy (non-hydrogen) atoms. The van der Waals surface area contributed by atoms with Crippen LogP contribution in [0.4, 0.5) is 9.59 Å². The molecule has 2 aromatic carbocycles. The molecule has 0 unspecified atom stereocenters. The van der Waals surface area contributed by atoms with Crippen LogP contribution in [0.1, 0.15) is 65.1 Å². The van der Waals surface area contributed by atoms with Gasteiger partial charge in [-0.1, -0.05) is 48.5 Å². The lowest BCUT2D eigenvalue weighted by Gasteiger charge is -2.44. The van der Waals surface area contributed by atoms with Gasteiger partial charge < -0.3 is 24.0 Å². The number of carboxylic acid groups (broad SMARTS) is 1. The minimum absolute atomic E-state index is 0.0542. The largest absolute Gasteiger partial charge is 0.478 e. The summed E-state index contributed by atoms with van der Waals surface area (Å²) in [6, 6.07) is 15.9. The van der Waals surface area contributed by atoms with Crippen molar-refractivity contribution >= 4 is 18.2 Å². The van der Waals surface area contributed by atoms with Gasteiger partial charge in [-0.05, 0) is 56.9 Å². The second-order valence-electron chi connectivity index (χ2n) is 11.9. The van der Waals surface area contributed by atoms with Crippen LogP contribution in [0.25, 0.3) is 11.1 Å². The van der Waals surface area contributed by atoms with Gasteiger partial charge in [-0.15, -0.1) is 0 Å². The van der Waals surface area contributed by atoms with Gasteiger partial charge in [-0.3, -0.25) is 4.90 Å². The van der Waals surface area contributed by atoms with E-state index in [4.69, 9.17) is 9.47 Å². The number of carboxylic acids is 1. The molecule has 216 valence electrons. The first-order valence-electron chi connectivity index (χ1n) is 13.8. The maximum Gasteiger partial charge on any atom is 0.410 e. The molecule has 9 heteroatoms. The number of fused-ring (bicyclic) bond motifs is 3. The van der Waals surface area contributed by atoms with Gasteiger partial charge in [0.1, 0.15) is 12.2 Å². The molecule has 0 spiro atoms. The Hall–Kier alpha value is -4.27. The third-order valence-corrected chi connectivity index (χ3v) is 8.17. The van der Waals surface area contributed by atoms with Crippen LogP contribution in [0.5, 0.6) is 0 Å². The Balaban J connectivity index is 1.39. The SMILES string of the molecule is Cc1c(CN(C(=O)OCC2c3ccccc3-c3ccccc32)C2CN(C(=O)OC(C)(C)C)C2)c(C(=O)O)c(C)n1C. The van der Waals surface area contributed by atoms with Gasteiger partial charge in [0.15, 0.2) is 0 Å². The lowest BCUT2D eigenvalue weighted by Crippen LogP contribution is -2.62. The predicted molar refractivity (Wildman–Crippen MR) is 154 cm³/mol. The number of carbonyl (C=O) groups is 3. The van der Waals surface area contributed by atoms with Crippen molar-refractivity contribution in [2.24, 2.45) is 7.05 Å². The number of nitrogens with zero attached hydrogens (tertiary/aromatic N) is 3. The summed E-state index contributed by atoms with van der Waals surface area (Å²) >= 11 is 0. The van der Waals surface area contributed by atoms with E-state index in [2.05, 4.69) is 24.3 Å². The van der Waals surface area contributed by atoms with Gasteiger partial charge in [-0.2, -0.15) is 0 Å². The Morgan fingerprint density at radius 1 is 0.951 bits per heavy atom. The minimum atomic E-state index is -1.04. The molecule has 9 nitrogen and oxygen atoms in total. The second kappa shape index (κ2) is 10.6. The van der Waals surface area contributed by atoms with E-state index in [1.165, 1.54) is 0 Å². The molecule has 1 fully saturated rings. The third kappa shape index (κ3) is 5.28. The lowest BCUT2D eigenvalue weighted by atomic mass is 9.98. The van der Waals surface area contributed by atoms with Gasteiger partial charge in [0.25, 0.3) is 0 Å². The summed E-state index contributed by atoms with van der Waals surface area (Å²) in [6.07, 6.45) is -0.989. The molecular formula is C32H37N3O6. The number of aromatic nitrogens is 1. The molecule has 0 saturated carbocycles. The molecule has 0 radical (unpaired) electrons. The molecule has 1 aliphatic heterocycles. The first-order valence-corrected chi connectivity index (χ1v) is 13.8. The number of hydrogen-bond donors (Lipinski definition) is 1. The molecule has 3 aromatic rings. The van der Waals surface area contributed by atoms with Crippen molar-refractivity contribution in [2.45, 2.75) is 58.7 Å². The molecular weight excluding hydrogens is 522 g/mol. The Kier molecular flexibility index (Phi) is 7.32. The number of benzene rings is 2. The van der Waals surface area contributed by atoms with Crippen molar-refractivity contribution in [3.8, 4) is 11.1 Å². The molecule has 1 saturated heterocycles. The van der Waals surface area contributed by atoms with Crippen LogP contribution in [0.3, 0.4) is 0 Å². The highest BCUT2D eigenvalue weighted by Crippen LogP contribution is 2.44. The van der Waals surface area contributed by atoms with Gasteiger partial charge in [0.2, 0.25) is 0 Å². The van der Waals surface area contributed by atoms with E-state index in [-0.39, 0.29) is 43.8 Å². The van der Waals surface area contributed by atoms with E-state index >= 15 is 0 Å². The summed E-state index contributed by atoms with van der Waals surface area (Å²) in [5.41, 5.74) is 5.96. The Bertz CT molecular complexity index is 1470. The molecule has 5 rings (SSSR count). The van der Waals surface area contributed by atoms with Crippen molar-refractivity contribution in [3.05, 3.63) is 82.2 Å². The molecule has 1 aliphatic carbocycles. The fourth-order valence-electron chi connectivity index (χ4n) is 5.82. The molecule has 2 heterocycles. The van der Waals surface area contributed by atoms with Crippen LogP contribution in [0.15, 0.2) is 48.5 Å². The van der Waals surface area contributed by atoms with Crippen molar-refractivity contribution in [3.63, 3.8) is 0 Å². The summed E-state index contributed by atoms with van der Waals surface area (Å²) < 4.78 is 13.3. The van der Waals surface area contributed by atoms with E-state index < -0.39 is 23.8 Å². The quantitative estimate of drug-likeness (QED) is 0.415. The Morgan fingerprint density at radius 3 is 2.05 bits per heavy atom. The van der Waals surface area contributed by atoms with Crippen LogP contribution in [0.2, 0.25) is 0 Å². The van der Waals surface area contributed by atoms with Crippen molar-refractivity contribution < 1.29 is 29.0 Å². The Morgan fingerprint density at radius 2 is 1.51 bits per heavy atom. The van der Waals surface area contributed by atoms with E-state index in [1.807, 2.05) is 42.8 Å². The smallest absolute Gasteiger partial charge is 0.410 e. The highest BCUT2D eigenvalue weighted by molar-refractivity contribution is 5.91. The van der Waals surface area contributed by atoms with Crippen LogP contribution >= 0.6 is 0 Å². The maximum atomic E-state index is 13.8. The topological polar surface area (TPSA) is 101 Å². The average Bonchev–Trinajstić information content (AvgIpc) is 3.31. The summed E-state index contributed by atoms with van der Waals surface area (Å²) in [4.78, 5) is 41.7. The highest BCUT2D eigenvalue weighted by Gasteiger charge is 2.41. The zero-order chi connectivity index (χ0) is 29.6. The van der Waals surface area contributed by atoms with Gasteiger partial charge in [-0.25, -0.2) is 14.4 Å². The van der Waals surface area contributed by atoms with E-state index in [0.717, 1.165) is 27.9 Å². The summed E-state index contributed by atoms with van der Waals surface area (Å²) in [5.74, 6) is -1.15. The maximum absolute atomic E-state index is 13.8. The fourth-order valence-corrected chi connectivity index (χ4v) is 5.82. The first-order chi connectivity index (χ1) is 19.4. The van der Waals surface area contributed by atoms with Gasteiger partial charge in [0, 0.05) is 43.0 Å². The summed E-state index contributed by atoms with van der Waals surface area (Å²) in [5, 5.41) is 9.98. The predicted octanol–water partition coefficient (Wildman–Crippen LogP) is 5.71. The summed E-state index contributed by atoms with van der Waals surface area (Å²) in [7, 11) is 1.81. The highest BCUT2D eigenvalue weighted by atomic mass is 16.6. The molecule has 2 amide bonds. The number of amides is 2. The fraction of sp³-hybridized carbons (Fsp3) is 0.406. The van der Waals surface area contributed by atoms with Crippen molar-refractivity contribution in [1.29, 1.82) is 0 Å². The number of aromatic carboxylic acids is 1. The molecule has 1 N–H and O–H groups in total. The minimum Gasteiger partial charge on any atom is -0.478 e. The van der Waals surface area contributed by atoms with E-state index in [9.17, 15) is 19.5 Å². The van der Waals surface area contributed by atoms with E-state index in [1.54, 1.807) is 37.5 Å². The third-order valence-electron chi connectivity index (χ3n) is 8.17. The average molecular weight is 560 g/mol. The number of rotatable bonds is 6. The molecule has 2 aliphatic rings. The molecule has 0 bridgehead atoms. The van der Waals surface area contributed by atoms with Crippen molar-refractivity contribution in [2.75, 3.05) is 19.7 Å². The van der Waals surface area contributed by atoms with E-state index in [0.29, 0.717) is 11.3 Å². The second-order valence-corrected chi connectivity index (χ2v) is 11.9. The number of carbonyl (C=O) groups excluding carboxylic acids is 2. The first kappa shape index (κ1) is 28.3. The summed E-state index contributed by atoms with van der Waals surface area (Å²) in [6.45, 7) is 9.75. The van der Waals surface area contributed by atoms with Crippen LogP contribution in [-0.2, 0) is 23.1 Å². The van der Waals surface area contributed by atoms with Crippen LogP contribution in [-0.4, -0.2) is 69.0 Å². The zero-order valence-electron chi connectivity index (χ0n) is 24.4. The zero-order valence-corrected chi connectivity index (χ0v) is 24.4. The molecule has 0 atom stereocenters. The van der Waals surface area contributed by atoms with Crippen LogP contribution in [0, 0.1) is 13.8 Å². The standard InChI is InChI=1S/C32H37N3O6/c1-19-26(28(29(36)37)20(2)33(19)6)17-35(21-15-34(16-21)30(38)41-32(3,4)5)31(39)40-18-27-24-13-9-7-11-22(24)23-12-8-10-14-25(23)27/h7-14,21,27H,15-18H2,1-6H3,(H,36,37). The lowest BCUT2D eigenvalue weighted by molar-refractivity contribution is -0.0177. The Labute approximate surface area is 240 Å². The van der Waals surface area contributed by atoms with Gasteiger partial charge in [0.05, 0.1) is 18.2 Å². The number of hydrogen-bond acceptors (Lipinski definition) is 5. The van der Waals surface area contributed by atoms with Crippen molar-refractivity contribution in [1.82, 2.24) is 14.4 Å². The monoisotopic (exact) mass is 559 g/mol. The van der Waals surface area contributed by atoms with Gasteiger partial charge >= 0.3 is 18.2 Å².